The minimum atomic E-state index is -3.88. The molecule has 0 fully saturated rings. The van der Waals surface area contributed by atoms with Crippen molar-refractivity contribution in [3.63, 3.8) is 0 Å². The fourth-order valence-corrected chi connectivity index (χ4v) is 5.46. The Hall–Kier alpha value is -3.74. The van der Waals surface area contributed by atoms with Gasteiger partial charge in [0.2, 0.25) is 15.9 Å². The fourth-order valence-electron chi connectivity index (χ4n) is 4.06. The molecule has 36 heavy (non-hydrogen) atoms. The number of nitrogens with zero attached hydrogens (tertiary/aromatic N) is 1. The number of benzene rings is 4. The van der Waals surface area contributed by atoms with Crippen molar-refractivity contribution in [2.45, 2.75) is 24.3 Å². The third-order valence-corrected chi connectivity index (χ3v) is 7.90. The van der Waals surface area contributed by atoms with Gasteiger partial charge < -0.3 is 5.32 Å². The molecule has 1 N–H and O–H groups in total. The Morgan fingerprint density at radius 1 is 0.750 bits per heavy atom. The average molecular weight is 499 g/mol. The zero-order valence-corrected chi connectivity index (χ0v) is 21.1. The summed E-state index contributed by atoms with van der Waals surface area (Å²) < 4.78 is 28.4. The molecule has 0 aliphatic heterocycles. The molecule has 0 aliphatic rings. The molecule has 5 nitrogen and oxygen atoms in total. The zero-order chi connectivity index (χ0) is 25.4. The molecule has 0 atom stereocenters. The van der Waals surface area contributed by atoms with E-state index in [2.05, 4.69) is 5.32 Å². The van der Waals surface area contributed by atoms with Gasteiger partial charge in [-0.05, 0) is 42.2 Å². The van der Waals surface area contributed by atoms with Crippen molar-refractivity contribution in [3.05, 3.63) is 138 Å². The van der Waals surface area contributed by atoms with Gasteiger partial charge in [0.15, 0.2) is 0 Å². The monoisotopic (exact) mass is 498 g/mol. The van der Waals surface area contributed by atoms with E-state index in [4.69, 9.17) is 0 Å². The Bertz CT molecular complexity index is 1320. The standard InChI is InChI=1S/C30H30N2O3S/c1-24-17-19-28(20-18-24)36(34,35)32(22-21-25-11-5-2-6-12-25)23-29(33)31-30(26-13-7-3-8-14-26)27-15-9-4-10-16-27/h2-20,30H,21-23H2,1H3,(H,31,33). The maximum Gasteiger partial charge on any atom is 0.243 e. The van der Waals surface area contributed by atoms with E-state index in [0.717, 1.165) is 22.3 Å². The SMILES string of the molecule is Cc1ccc(S(=O)(=O)N(CCc2ccccc2)CC(=O)NC(c2ccccc2)c2ccccc2)cc1. The number of sulfonamides is 1. The van der Waals surface area contributed by atoms with Gasteiger partial charge in [0.05, 0.1) is 17.5 Å². The number of amides is 1. The third kappa shape index (κ3) is 6.47. The van der Waals surface area contributed by atoms with Gasteiger partial charge in [0, 0.05) is 6.54 Å². The number of carbonyl (C=O) groups is 1. The molecule has 0 saturated carbocycles. The largest absolute Gasteiger partial charge is 0.344 e. The summed E-state index contributed by atoms with van der Waals surface area (Å²) in [7, 11) is -3.88. The summed E-state index contributed by atoms with van der Waals surface area (Å²) in [6.07, 6.45) is 0.500. The molecule has 0 radical (unpaired) electrons. The molecule has 4 aromatic rings. The maximum absolute atomic E-state index is 13.6. The van der Waals surface area contributed by atoms with Gasteiger partial charge in [0.1, 0.15) is 0 Å². The number of rotatable bonds is 10. The molecule has 0 spiro atoms. The van der Waals surface area contributed by atoms with Crippen molar-refractivity contribution in [2.75, 3.05) is 13.1 Å². The summed E-state index contributed by atoms with van der Waals surface area (Å²) in [5, 5.41) is 3.07. The van der Waals surface area contributed by atoms with Crippen molar-refractivity contribution in [2.24, 2.45) is 0 Å². The maximum atomic E-state index is 13.6. The Kier molecular flexibility index (Phi) is 8.31. The second-order valence-corrected chi connectivity index (χ2v) is 10.6. The Morgan fingerprint density at radius 2 is 1.25 bits per heavy atom. The Labute approximate surface area is 213 Å². The normalized spacial score (nSPS) is 11.5. The first-order chi connectivity index (χ1) is 17.4. The predicted octanol–water partition coefficient (Wildman–Crippen LogP) is 5.13. The summed E-state index contributed by atoms with van der Waals surface area (Å²) in [5.41, 5.74) is 3.83. The van der Waals surface area contributed by atoms with E-state index in [9.17, 15) is 13.2 Å². The number of nitrogens with one attached hydrogen (secondary N) is 1. The zero-order valence-electron chi connectivity index (χ0n) is 20.2. The number of hydrogen-bond acceptors (Lipinski definition) is 3. The van der Waals surface area contributed by atoms with Gasteiger partial charge in [-0.25, -0.2) is 8.42 Å². The quantitative estimate of drug-likeness (QED) is 0.329. The Balaban J connectivity index is 1.59. The molecule has 0 bridgehead atoms. The van der Waals surface area contributed by atoms with Crippen LogP contribution in [0.2, 0.25) is 0 Å². The molecule has 0 aliphatic carbocycles. The van der Waals surface area contributed by atoms with E-state index < -0.39 is 16.1 Å². The lowest BCUT2D eigenvalue weighted by Gasteiger charge is -2.25. The van der Waals surface area contributed by atoms with E-state index in [0.29, 0.717) is 6.42 Å². The molecule has 1 amide bonds. The molecule has 6 heteroatoms. The second-order valence-electron chi connectivity index (χ2n) is 8.71. The first-order valence-electron chi connectivity index (χ1n) is 11.9. The predicted molar refractivity (Wildman–Crippen MR) is 143 cm³/mol. The van der Waals surface area contributed by atoms with Crippen molar-refractivity contribution < 1.29 is 13.2 Å². The van der Waals surface area contributed by atoms with Crippen LogP contribution in [0.5, 0.6) is 0 Å². The lowest BCUT2D eigenvalue weighted by molar-refractivity contribution is -0.121. The molecule has 184 valence electrons. The first-order valence-corrected chi connectivity index (χ1v) is 13.4. The van der Waals surface area contributed by atoms with E-state index >= 15 is 0 Å². The number of hydrogen-bond donors (Lipinski definition) is 1. The second kappa shape index (κ2) is 11.8. The van der Waals surface area contributed by atoms with Crippen LogP contribution in [0.15, 0.2) is 120 Å². The van der Waals surface area contributed by atoms with Crippen LogP contribution in [-0.2, 0) is 21.2 Å². The van der Waals surface area contributed by atoms with Crippen molar-refractivity contribution in [1.29, 1.82) is 0 Å². The van der Waals surface area contributed by atoms with Crippen molar-refractivity contribution in [1.82, 2.24) is 9.62 Å². The lowest BCUT2D eigenvalue weighted by atomic mass is 9.99. The molecule has 0 saturated heterocycles. The van der Waals surface area contributed by atoms with Crippen LogP contribution in [0.4, 0.5) is 0 Å². The molecular formula is C30H30N2O3S. The van der Waals surface area contributed by atoms with Crippen LogP contribution >= 0.6 is 0 Å². The third-order valence-electron chi connectivity index (χ3n) is 6.04. The summed E-state index contributed by atoms with van der Waals surface area (Å²) >= 11 is 0. The van der Waals surface area contributed by atoms with Crippen LogP contribution in [0.3, 0.4) is 0 Å². The highest BCUT2D eigenvalue weighted by Crippen LogP contribution is 2.22. The van der Waals surface area contributed by atoms with Gasteiger partial charge in [-0.1, -0.05) is 109 Å². The summed E-state index contributed by atoms with van der Waals surface area (Å²) in [4.78, 5) is 13.5. The highest BCUT2D eigenvalue weighted by atomic mass is 32.2. The van der Waals surface area contributed by atoms with E-state index in [1.54, 1.807) is 24.3 Å². The molecule has 0 unspecified atom stereocenters. The van der Waals surface area contributed by atoms with E-state index in [-0.39, 0.29) is 23.9 Å². The summed E-state index contributed by atoms with van der Waals surface area (Å²) in [5.74, 6) is -0.364. The lowest BCUT2D eigenvalue weighted by Crippen LogP contribution is -2.43. The van der Waals surface area contributed by atoms with Crippen LogP contribution in [0.25, 0.3) is 0 Å². The minimum absolute atomic E-state index is 0.177. The molecule has 0 heterocycles. The van der Waals surface area contributed by atoms with Gasteiger partial charge >= 0.3 is 0 Å². The van der Waals surface area contributed by atoms with Crippen LogP contribution in [-0.4, -0.2) is 31.7 Å². The Morgan fingerprint density at radius 3 is 1.78 bits per heavy atom. The van der Waals surface area contributed by atoms with E-state index in [1.165, 1.54) is 4.31 Å². The van der Waals surface area contributed by atoms with Crippen LogP contribution < -0.4 is 5.32 Å². The molecule has 4 aromatic carbocycles. The average Bonchev–Trinajstić information content (AvgIpc) is 2.91. The van der Waals surface area contributed by atoms with Gasteiger partial charge in [0.25, 0.3) is 0 Å². The minimum Gasteiger partial charge on any atom is -0.344 e. The van der Waals surface area contributed by atoms with Gasteiger partial charge in [-0.3, -0.25) is 4.79 Å². The fraction of sp³-hybridized carbons (Fsp3) is 0.167. The summed E-state index contributed by atoms with van der Waals surface area (Å²) in [6.45, 7) is 1.82. The molecular weight excluding hydrogens is 468 g/mol. The van der Waals surface area contributed by atoms with Crippen LogP contribution in [0.1, 0.15) is 28.3 Å². The van der Waals surface area contributed by atoms with Crippen LogP contribution in [0, 0.1) is 6.92 Å². The van der Waals surface area contributed by atoms with Crippen molar-refractivity contribution in [3.8, 4) is 0 Å². The first kappa shape index (κ1) is 25.4. The van der Waals surface area contributed by atoms with Crippen molar-refractivity contribution >= 4 is 15.9 Å². The van der Waals surface area contributed by atoms with Gasteiger partial charge in [-0.15, -0.1) is 0 Å². The van der Waals surface area contributed by atoms with Gasteiger partial charge in [-0.2, -0.15) is 4.31 Å². The summed E-state index contributed by atoms with van der Waals surface area (Å²) in [6, 6.07) is 35.3. The number of aryl methyl sites for hydroxylation is 1. The molecule has 4 rings (SSSR count). The van der Waals surface area contributed by atoms with E-state index in [1.807, 2.05) is 97.9 Å². The highest BCUT2D eigenvalue weighted by Gasteiger charge is 2.28. The highest BCUT2D eigenvalue weighted by molar-refractivity contribution is 7.89. The topological polar surface area (TPSA) is 66.5 Å². The number of carbonyl (C=O) groups excluding carboxylic acids is 1. The molecule has 0 aromatic heterocycles. The smallest absolute Gasteiger partial charge is 0.243 e.